The van der Waals surface area contributed by atoms with E-state index in [0.717, 1.165) is 6.20 Å². The second-order valence-electron chi connectivity index (χ2n) is 5.81. The van der Waals surface area contributed by atoms with Crippen LogP contribution in [0, 0.1) is 6.92 Å². The Kier molecular flexibility index (Phi) is 4.84. The number of imidazole rings is 1. The molecule has 0 fully saturated rings. The molecule has 1 aliphatic rings. The third-order valence-corrected chi connectivity index (χ3v) is 3.78. The van der Waals surface area contributed by atoms with Crippen molar-refractivity contribution in [3.63, 3.8) is 0 Å². The maximum absolute atomic E-state index is 14.6. The van der Waals surface area contributed by atoms with Crippen LogP contribution in [0.3, 0.4) is 0 Å². The van der Waals surface area contributed by atoms with Crippen LogP contribution in [0.4, 0.5) is 13.2 Å². The lowest BCUT2D eigenvalue weighted by molar-refractivity contribution is 0.127. The van der Waals surface area contributed by atoms with Crippen molar-refractivity contribution in [2.24, 2.45) is 21.6 Å². The summed E-state index contributed by atoms with van der Waals surface area (Å²) in [4.78, 5) is 12.2. The number of hydrogen-bond donors (Lipinski definition) is 2. The molecule has 0 atom stereocenters. The number of allylic oxidation sites excluding steroid dienone is 2. The van der Waals surface area contributed by atoms with Gasteiger partial charge in [-0.05, 0) is 19.1 Å². The van der Waals surface area contributed by atoms with Crippen LogP contribution >= 0.6 is 0 Å². The molecule has 0 aromatic carbocycles. The van der Waals surface area contributed by atoms with Crippen LogP contribution in [0.1, 0.15) is 11.5 Å². The molecule has 0 aliphatic carbocycles. The predicted molar refractivity (Wildman–Crippen MR) is 96.4 cm³/mol. The summed E-state index contributed by atoms with van der Waals surface area (Å²) in [6.45, 7) is 4.79. The Labute approximate surface area is 152 Å². The molecular formula is C16H17F3N8. The van der Waals surface area contributed by atoms with Gasteiger partial charge in [-0.15, -0.1) is 5.10 Å². The highest BCUT2D eigenvalue weighted by Crippen LogP contribution is 2.24. The highest BCUT2D eigenvalue weighted by Gasteiger charge is 2.17. The number of nitrogens with zero attached hydrogens (tertiary/aromatic N) is 6. The van der Waals surface area contributed by atoms with Crippen molar-refractivity contribution in [2.75, 3.05) is 6.54 Å². The lowest BCUT2D eigenvalue weighted by Gasteiger charge is -2.18. The van der Waals surface area contributed by atoms with Crippen molar-refractivity contribution in [3.05, 3.63) is 42.3 Å². The normalized spacial score (nSPS) is 15.3. The Morgan fingerprint density at radius 2 is 2.07 bits per heavy atom. The number of guanidine groups is 1. The number of rotatable bonds is 5. The first kappa shape index (κ1) is 18.4. The van der Waals surface area contributed by atoms with Gasteiger partial charge in [-0.25, -0.2) is 23.1 Å². The SMILES string of the molecule is C=C(/C(F)=C\N1CC(N)=NC(N)=N1)c1ccc2nc(C)n(CC(F)F)c2n1. The molecule has 2 aromatic rings. The Balaban J connectivity index is 1.91. The number of aromatic nitrogens is 3. The van der Waals surface area contributed by atoms with Crippen molar-refractivity contribution >= 4 is 28.5 Å². The van der Waals surface area contributed by atoms with E-state index in [2.05, 4.69) is 26.6 Å². The molecule has 0 saturated carbocycles. The Morgan fingerprint density at radius 3 is 2.74 bits per heavy atom. The summed E-state index contributed by atoms with van der Waals surface area (Å²) < 4.78 is 41.5. The number of aliphatic imine (C=N–C) groups is 1. The van der Waals surface area contributed by atoms with Gasteiger partial charge in [0.1, 0.15) is 23.0 Å². The van der Waals surface area contributed by atoms with Crippen molar-refractivity contribution < 1.29 is 13.2 Å². The van der Waals surface area contributed by atoms with E-state index in [1.54, 1.807) is 13.0 Å². The van der Waals surface area contributed by atoms with Gasteiger partial charge in [0.05, 0.1) is 25.0 Å². The number of halogens is 3. The van der Waals surface area contributed by atoms with Gasteiger partial charge in [0, 0.05) is 5.57 Å². The van der Waals surface area contributed by atoms with Gasteiger partial charge in [-0.1, -0.05) is 6.58 Å². The molecule has 11 heteroatoms. The van der Waals surface area contributed by atoms with Gasteiger partial charge in [-0.2, -0.15) is 4.99 Å². The van der Waals surface area contributed by atoms with E-state index in [9.17, 15) is 13.2 Å². The quantitative estimate of drug-likeness (QED) is 0.770. The standard InChI is InChI=1S/C16H17F3N8/c1-8(10(17)5-26-7-14(20)24-16(21)25-26)11-3-4-12-15(23-11)27(6-13(18)19)9(2)22-12/h3-5,13H,1,6-7H2,2H3,(H4,20,21,24,25)/b10-5+. The fourth-order valence-electron chi connectivity index (χ4n) is 2.58. The number of aryl methyl sites for hydroxylation is 1. The van der Waals surface area contributed by atoms with Gasteiger partial charge in [0.25, 0.3) is 6.43 Å². The Bertz CT molecular complexity index is 989. The number of hydrogen-bond acceptors (Lipinski definition) is 7. The average molecular weight is 378 g/mol. The van der Waals surface area contributed by atoms with Crippen LogP contribution in [0.2, 0.25) is 0 Å². The van der Waals surface area contributed by atoms with Gasteiger partial charge in [0.15, 0.2) is 5.65 Å². The van der Waals surface area contributed by atoms with E-state index in [0.29, 0.717) is 11.3 Å². The third kappa shape index (κ3) is 3.91. The van der Waals surface area contributed by atoms with E-state index in [1.807, 2.05) is 0 Å². The molecule has 0 spiro atoms. The van der Waals surface area contributed by atoms with Crippen molar-refractivity contribution in [3.8, 4) is 0 Å². The number of fused-ring (bicyclic) bond motifs is 1. The number of hydrazone groups is 1. The molecule has 142 valence electrons. The molecule has 0 amide bonds. The van der Waals surface area contributed by atoms with Crippen LogP contribution in [0.15, 0.2) is 40.8 Å². The second-order valence-corrected chi connectivity index (χ2v) is 5.81. The monoisotopic (exact) mass is 378 g/mol. The highest BCUT2D eigenvalue weighted by molar-refractivity contribution is 5.97. The topological polar surface area (TPSA) is 111 Å². The molecule has 8 nitrogen and oxygen atoms in total. The number of nitrogens with two attached hydrogens (primary N) is 2. The number of pyridine rings is 1. The minimum absolute atomic E-state index is 0.0470. The largest absolute Gasteiger partial charge is 0.385 e. The summed E-state index contributed by atoms with van der Waals surface area (Å²) in [6, 6.07) is 3.09. The summed E-state index contributed by atoms with van der Waals surface area (Å²) in [7, 11) is 0. The molecule has 0 bridgehead atoms. The fraction of sp³-hybridized carbons (Fsp3) is 0.250. The first-order valence-corrected chi connectivity index (χ1v) is 7.87. The van der Waals surface area contributed by atoms with E-state index in [4.69, 9.17) is 11.5 Å². The zero-order valence-electron chi connectivity index (χ0n) is 14.4. The Hall–Kier alpha value is -3.37. The predicted octanol–water partition coefficient (Wildman–Crippen LogP) is 1.73. The van der Waals surface area contributed by atoms with Crippen LogP contribution in [-0.2, 0) is 6.54 Å². The summed E-state index contributed by atoms with van der Waals surface area (Å²) in [5.74, 6) is -0.253. The fourth-order valence-corrected chi connectivity index (χ4v) is 2.58. The molecule has 1 aliphatic heterocycles. The highest BCUT2D eigenvalue weighted by atomic mass is 19.3. The third-order valence-electron chi connectivity index (χ3n) is 3.78. The molecule has 2 aromatic heterocycles. The first-order chi connectivity index (χ1) is 12.7. The molecule has 0 radical (unpaired) electrons. The lowest BCUT2D eigenvalue weighted by atomic mass is 10.1. The number of alkyl halides is 2. The minimum atomic E-state index is -2.57. The lowest BCUT2D eigenvalue weighted by Crippen LogP contribution is -2.35. The summed E-state index contributed by atoms with van der Waals surface area (Å²) in [5, 5.41) is 5.02. The molecule has 3 rings (SSSR count). The summed E-state index contributed by atoms with van der Waals surface area (Å²) in [5.41, 5.74) is 11.9. The summed E-state index contributed by atoms with van der Waals surface area (Å²) in [6.07, 6.45) is -1.51. The molecule has 0 saturated heterocycles. The van der Waals surface area contributed by atoms with E-state index >= 15 is 0 Å². The van der Waals surface area contributed by atoms with Crippen LogP contribution < -0.4 is 11.5 Å². The van der Waals surface area contributed by atoms with Crippen LogP contribution in [0.5, 0.6) is 0 Å². The van der Waals surface area contributed by atoms with Crippen LogP contribution in [-0.4, -0.2) is 44.3 Å². The zero-order valence-corrected chi connectivity index (χ0v) is 14.4. The van der Waals surface area contributed by atoms with E-state index in [1.165, 1.54) is 15.6 Å². The summed E-state index contributed by atoms with van der Waals surface area (Å²) >= 11 is 0. The Morgan fingerprint density at radius 1 is 1.33 bits per heavy atom. The van der Waals surface area contributed by atoms with Crippen molar-refractivity contribution in [1.29, 1.82) is 0 Å². The molecule has 3 heterocycles. The maximum Gasteiger partial charge on any atom is 0.256 e. The van der Waals surface area contributed by atoms with E-state index < -0.39 is 18.8 Å². The van der Waals surface area contributed by atoms with Gasteiger partial charge in [0.2, 0.25) is 5.96 Å². The van der Waals surface area contributed by atoms with Crippen molar-refractivity contribution in [1.82, 2.24) is 19.5 Å². The van der Waals surface area contributed by atoms with Gasteiger partial charge >= 0.3 is 0 Å². The van der Waals surface area contributed by atoms with Gasteiger partial charge < -0.3 is 16.0 Å². The van der Waals surface area contributed by atoms with E-state index in [-0.39, 0.29) is 35.3 Å². The molecule has 0 unspecified atom stereocenters. The average Bonchev–Trinajstić information content (AvgIpc) is 2.87. The zero-order chi connectivity index (χ0) is 19.7. The minimum Gasteiger partial charge on any atom is -0.385 e. The molecular weight excluding hydrogens is 361 g/mol. The van der Waals surface area contributed by atoms with Gasteiger partial charge in [-0.3, -0.25) is 5.01 Å². The number of amidine groups is 1. The van der Waals surface area contributed by atoms with Crippen molar-refractivity contribution in [2.45, 2.75) is 19.9 Å². The maximum atomic E-state index is 14.6. The van der Waals surface area contributed by atoms with Crippen LogP contribution in [0.25, 0.3) is 16.7 Å². The molecule has 27 heavy (non-hydrogen) atoms. The smallest absolute Gasteiger partial charge is 0.256 e. The second kappa shape index (κ2) is 7.09. The molecule has 4 N–H and O–H groups in total. The first-order valence-electron chi connectivity index (χ1n) is 7.87.